The van der Waals surface area contributed by atoms with Crippen molar-refractivity contribution in [3.8, 4) is 5.75 Å². The zero-order valence-corrected chi connectivity index (χ0v) is 17.3. The van der Waals surface area contributed by atoms with Crippen LogP contribution in [-0.2, 0) is 24.1 Å². The zero-order chi connectivity index (χ0) is 24.9. The number of ether oxygens (including phenoxy) is 1. The molecule has 0 aliphatic heterocycles. The molecule has 0 fully saturated rings. The van der Waals surface area contributed by atoms with E-state index in [9.17, 15) is 35.5 Å². The number of halogens is 7. The summed E-state index contributed by atoms with van der Waals surface area (Å²) in [4.78, 5) is 16.6. The van der Waals surface area contributed by atoms with Gasteiger partial charge in [0.1, 0.15) is 12.4 Å². The zero-order valence-electron chi connectivity index (χ0n) is 17.3. The number of carbonyl (C=O) groups excluding carboxylic acids is 1. The number of aromatic nitrogens is 1. The summed E-state index contributed by atoms with van der Waals surface area (Å²) in [5.74, 6) is -1.49. The highest BCUT2D eigenvalue weighted by molar-refractivity contribution is 5.80. The van der Waals surface area contributed by atoms with Crippen LogP contribution < -0.4 is 10.1 Å². The Hall–Kier alpha value is -3.63. The fraction of sp³-hybridized carbons (Fsp3) is 0.217. The fourth-order valence-corrected chi connectivity index (χ4v) is 3.26. The van der Waals surface area contributed by atoms with Crippen LogP contribution in [0.1, 0.15) is 34.0 Å². The number of benzene rings is 2. The molecule has 0 unspecified atom stereocenters. The Labute approximate surface area is 189 Å². The Morgan fingerprint density at radius 1 is 0.941 bits per heavy atom. The van der Waals surface area contributed by atoms with Crippen LogP contribution in [0.4, 0.5) is 30.7 Å². The summed E-state index contributed by atoms with van der Waals surface area (Å²) in [7, 11) is 0. The largest absolute Gasteiger partial charge is 0.573 e. The molecule has 0 radical (unpaired) electrons. The van der Waals surface area contributed by atoms with Gasteiger partial charge in [-0.05, 0) is 29.3 Å². The minimum absolute atomic E-state index is 0.124. The molecule has 0 saturated heterocycles. The molecule has 2 aromatic carbocycles. The number of amides is 1. The second kappa shape index (κ2) is 10.1. The Morgan fingerprint density at radius 2 is 1.62 bits per heavy atom. The van der Waals surface area contributed by atoms with Gasteiger partial charge in [0, 0.05) is 11.8 Å². The Bertz CT molecular complexity index is 1130. The first kappa shape index (κ1) is 25.0. The molecule has 11 heteroatoms. The number of para-hydroxylation sites is 1. The van der Waals surface area contributed by atoms with Crippen molar-refractivity contribution in [1.29, 1.82) is 0 Å². The van der Waals surface area contributed by atoms with Crippen LogP contribution in [0.3, 0.4) is 0 Å². The van der Waals surface area contributed by atoms with E-state index in [-0.39, 0.29) is 16.7 Å². The quantitative estimate of drug-likeness (QED) is 0.422. The third kappa shape index (κ3) is 6.46. The van der Waals surface area contributed by atoms with Gasteiger partial charge < -0.3 is 10.1 Å². The summed E-state index contributed by atoms with van der Waals surface area (Å²) in [5, 5.41) is 2.41. The van der Waals surface area contributed by atoms with E-state index < -0.39 is 54.6 Å². The van der Waals surface area contributed by atoms with E-state index in [2.05, 4.69) is 15.0 Å². The normalized spacial score (nSPS) is 12.8. The third-order valence-corrected chi connectivity index (χ3v) is 4.74. The van der Waals surface area contributed by atoms with Crippen LogP contribution in [0.25, 0.3) is 0 Å². The van der Waals surface area contributed by atoms with E-state index in [4.69, 9.17) is 0 Å². The minimum atomic E-state index is -5.00. The maximum atomic E-state index is 13.6. The smallest absolute Gasteiger partial charge is 0.405 e. The summed E-state index contributed by atoms with van der Waals surface area (Å²) in [5.41, 5.74) is -1.30. The van der Waals surface area contributed by atoms with Crippen molar-refractivity contribution in [2.24, 2.45) is 0 Å². The minimum Gasteiger partial charge on any atom is -0.405 e. The molecule has 0 saturated carbocycles. The molecule has 0 aliphatic carbocycles. The lowest BCUT2D eigenvalue weighted by atomic mass is 9.97. The standard InChI is InChI=1S/C23H17F7N2O2/c24-13-14-7-9-15(10-8-14)20(21-17(22(25,26)27)5-3-11-31-21)32-19(33)12-16-4-1-2-6-18(16)34-23(28,29)30/h1-11,20H,12-13H2,(H,32,33)/t20-/m0/s1. The molecular formula is C23H17F7N2O2. The van der Waals surface area contributed by atoms with Crippen molar-refractivity contribution in [2.75, 3.05) is 0 Å². The molecule has 34 heavy (non-hydrogen) atoms. The van der Waals surface area contributed by atoms with Gasteiger partial charge in [0.25, 0.3) is 0 Å². The number of hydrogen-bond donors (Lipinski definition) is 1. The lowest BCUT2D eigenvalue weighted by Gasteiger charge is -2.23. The molecule has 4 nitrogen and oxygen atoms in total. The Balaban J connectivity index is 1.96. The van der Waals surface area contributed by atoms with Gasteiger partial charge in [0.05, 0.1) is 23.7 Å². The molecule has 3 aromatic rings. The first-order valence-electron chi connectivity index (χ1n) is 9.78. The average Bonchev–Trinajstić information content (AvgIpc) is 2.77. The van der Waals surface area contributed by atoms with Crippen molar-refractivity contribution >= 4 is 5.91 Å². The molecule has 0 spiro atoms. The predicted molar refractivity (Wildman–Crippen MR) is 107 cm³/mol. The Morgan fingerprint density at radius 3 is 2.24 bits per heavy atom. The molecular weight excluding hydrogens is 469 g/mol. The maximum Gasteiger partial charge on any atom is 0.573 e. The van der Waals surface area contributed by atoms with Crippen molar-refractivity contribution < 1.29 is 40.3 Å². The predicted octanol–water partition coefficient (Wildman–Crippen LogP) is 5.92. The maximum absolute atomic E-state index is 13.6. The van der Waals surface area contributed by atoms with Crippen LogP contribution in [-0.4, -0.2) is 17.3 Å². The summed E-state index contributed by atoms with van der Waals surface area (Å²) in [6, 6.07) is 10.8. The lowest BCUT2D eigenvalue weighted by molar-refractivity contribution is -0.274. The first-order chi connectivity index (χ1) is 16.0. The second-order valence-corrected chi connectivity index (χ2v) is 7.14. The van der Waals surface area contributed by atoms with Gasteiger partial charge in [-0.2, -0.15) is 13.2 Å². The number of alkyl halides is 7. The number of carbonyl (C=O) groups is 1. The molecule has 1 heterocycles. The number of nitrogens with zero attached hydrogens (tertiary/aromatic N) is 1. The monoisotopic (exact) mass is 486 g/mol. The van der Waals surface area contributed by atoms with Crippen LogP contribution in [0, 0.1) is 0 Å². The van der Waals surface area contributed by atoms with E-state index in [1.807, 2.05) is 0 Å². The van der Waals surface area contributed by atoms with Gasteiger partial charge in [-0.25, -0.2) is 4.39 Å². The highest BCUT2D eigenvalue weighted by Gasteiger charge is 2.37. The van der Waals surface area contributed by atoms with Gasteiger partial charge in [0.15, 0.2) is 0 Å². The van der Waals surface area contributed by atoms with Gasteiger partial charge in [-0.15, -0.1) is 13.2 Å². The van der Waals surface area contributed by atoms with E-state index in [1.165, 1.54) is 42.5 Å². The van der Waals surface area contributed by atoms with Gasteiger partial charge in [-0.1, -0.05) is 42.5 Å². The van der Waals surface area contributed by atoms with Crippen molar-refractivity contribution in [3.05, 3.63) is 94.8 Å². The topological polar surface area (TPSA) is 51.2 Å². The van der Waals surface area contributed by atoms with Crippen LogP contribution in [0.5, 0.6) is 5.75 Å². The first-order valence-corrected chi connectivity index (χ1v) is 9.78. The molecule has 0 bridgehead atoms. The molecule has 3 rings (SSSR count). The van der Waals surface area contributed by atoms with Crippen LogP contribution in [0.2, 0.25) is 0 Å². The second-order valence-electron chi connectivity index (χ2n) is 7.14. The lowest BCUT2D eigenvalue weighted by Crippen LogP contribution is -2.33. The van der Waals surface area contributed by atoms with Crippen molar-refractivity contribution in [3.63, 3.8) is 0 Å². The van der Waals surface area contributed by atoms with E-state index in [1.54, 1.807) is 0 Å². The molecule has 1 amide bonds. The number of rotatable bonds is 7. The summed E-state index contributed by atoms with van der Waals surface area (Å²) >= 11 is 0. The summed E-state index contributed by atoms with van der Waals surface area (Å²) in [6.07, 6.45) is -9.28. The van der Waals surface area contributed by atoms with E-state index in [0.717, 1.165) is 24.4 Å². The van der Waals surface area contributed by atoms with E-state index >= 15 is 0 Å². The summed E-state index contributed by atoms with van der Waals surface area (Å²) in [6.45, 7) is -0.801. The number of pyridine rings is 1. The van der Waals surface area contributed by atoms with Gasteiger partial charge in [-0.3, -0.25) is 9.78 Å². The molecule has 1 aromatic heterocycles. The summed E-state index contributed by atoms with van der Waals surface area (Å²) < 4.78 is 95.6. The number of hydrogen-bond acceptors (Lipinski definition) is 3. The highest BCUT2D eigenvalue weighted by atomic mass is 19.4. The molecule has 0 aliphatic rings. The van der Waals surface area contributed by atoms with Gasteiger partial charge in [0.2, 0.25) is 5.91 Å². The fourth-order valence-electron chi connectivity index (χ4n) is 3.26. The van der Waals surface area contributed by atoms with Crippen molar-refractivity contribution in [1.82, 2.24) is 10.3 Å². The Kier molecular flexibility index (Phi) is 7.43. The van der Waals surface area contributed by atoms with Crippen molar-refractivity contribution in [2.45, 2.75) is 31.7 Å². The van der Waals surface area contributed by atoms with Crippen LogP contribution in [0.15, 0.2) is 66.9 Å². The molecule has 1 atom stereocenters. The van der Waals surface area contributed by atoms with E-state index in [0.29, 0.717) is 0 Å². The third-order valence-electron chi connectivity index (χ3n) is 4.74. The van der Waals surface area contributed by atoms with Crippen LogP contribution >= 0.6 is 0 Å². The number of nitrogens with one attached hydrogen (secondary N) is 1. The van der Waals surface area contributed by atoms with Gasteiger partial charge >= 0.3 is 12.5 Å². The highest BCUT2D eigenvalue weighted by Crippen LogP contribution is 2.35. The SMILES string of the molecule is O=C(Cc1ccccc1OC(F)(F)F)N[C@@H](c1ccc(CF)cc1)c1ncccc1C(F)(F)F. The average molecular weight is 486 g/mol. The molecule has 1 N–H and O–H groups in total. The molecule has 180 valence electrons.